The molecule has 1 N–H and O–H groups in total. The number of nitrogens with zero attached hydrogens (tertiary/aromatic N) is 2. The van der Waals surface area contributed by atoms with Crippen LogP contribution in [0.3, 0.4) is 0 Å². The Morgan fingerprint density at radius 1 is 1.62 bits per heavy atom. The molecule has 90 valence electrons. The van der Waals surface area contributed by atoms with Gasteiger partial charge in [-0.25, -0.2) is 0 Å². The average molecular weight is 225 g/mol. The summed E-state index contributed by atoms with van der Waals surface area (Å²) < 4.78 is 5.21. The lowest BCUT2D eigenvalue weighted by atomic mass is 10.1. The van der Waals surface area contributed by atoms with Gasteiger partial charge in [0, 0.05) is 18.6 Å². The zero-order chi connectivity index (χ0) is 12.2. The Bertz CT molecular complexity index is 291. The number of hydrogen-bond donors (Lipinski definition) is 1. The van der Waals surface area contributed by atoms with Crippen LogP contribution in [0.25, 0.3) is 0 Å². The van der Waals surface area contributed by atoms with E-state index in [0.29, 0.717) is 26.2 Å². The predicted octanol–water partition coefficient (Wildman–Crippen LogP) is 0.125. The van der Waals surface area contributed by atoms with E-state index >= 15 is 0 Å². The van der Waals surface area contributed by atoms with Crippen molar-refractivity contribution in [2.45, 2.75) is 32.4 Å². The number of rotatable bonds is 2. The number of amides is 1. The number of ether oxygens (including phenoxy) is 1. The van der Waals surface area contributed by atoms with Gasteiger partial charge in [0.2, 0.25) is 5.91 Å². The van der Waals surface area contributed by atoms with Gasteiger partial charge in [-0.2, -0.15) is 5.26 Å². The van der Waals surface area contributed by atoms with Crippen molar-refractivity contribution in [3.05, 3.63) is 0 Å². The number of morpholine rings is 1. The Hall–Kier alpha value is -1.12. The Kier molecular flexibility index (Phi) is 4.27. The number of carbonyl (C=O) groups is 1. The maximum Gasteiger partial charge on any atom is 0.234 e. The molecule has 1 fully saturated rings. The molecule has 0 aromatic rings. The van der Waals surface area contributed by atoms with Crippen molar-refractivity contribution < 1.29 is 9.53 Å². The molecule has 1 amide bonds. The van der Waals surface area contributed by atoms with E-state index in [4.69, 9.17) is 10.00 Å². The Balaban J connectivity index is 2.37. The molecule has 1 unspecified atom stereocenters. The molecule has 1 aliphatic rings. The van der Waals surface area contributed by atoms with Gasteiger partial charge in [0.15, 0.2) is 6.10 Å². The summed E-state index contributed by atoms with van der Waals surface area (Å²) in [6, 6.07) is 2.06. The minimum Gasteiger partial charge on any atom is -0.361 e. The molecule has 0 aliphatic carbocycles. The highest BCUT2D eigenvalue weighted by Crippen LogP contribution is 2.04. The predicted molar refractivity (Wildman–Crippen MR) is 59.7 cm³/mol. The number of nitriles is 1. The minimum atomic E-state index is -0.406. The van der Waals surface area contributed by atoms with E-state index in [0.717, 1.165) is 0 Å². The normalized spacial score (nSPS) is 22.5. The van der Waals surface area contributed by atoms with Crippen LogP contribution in [0.15, 0.2) is 0 Å². The second-order valence-electron chi connectivity index (χ2n) is 5.02. The highest BCUT2D eigenvalue weighted by Gasteiger charge is 2.23. The van der Waals surface area contributed by atoms with Gasteiger partial charge >= 0.3 is 0 Å². The maximum atomic E-state index is 11.6. The minimum absolute atomic E-state index is 0.00825. The molecule has 0 radical (unpaired) electrons. The van der Waals surface area contributed by atoms with Crippen molar-refractivity contribution in [3.63, 3.8) is 0 Å². The summed E-state index contributed by atoms with van der Waals surface area (Å²) in [7, 11) is 0. The summed E-state index contributed by atoms with van der Waals surface area (Å²) >= 11 is 0. The second-order valence-corrected chi connectivity index (χ2v) is 5.02. The molecule has 1 atom stereocenters. The molecule has 0 saturated carbocycles. The van der Waals surface area contributed by atoms with Crippen LogP contribution in [0, 0.1) is 11.3 Å². The summed E-state index contributed by atoms with van der Waals surface area (Å²) in [6.07, 6.45) is -0.406. The largest absolute Gasteiger partial charge is 0.361 e. The fraction of sp³-hybridized carbons (Fsp3) is 0.818. The Labute approximate surface area is 96.4 Å². The lowest BCUT2D eigenvalue weighted by molar-refractivity contribution is -0.125. The molecule has 1 aliphatic heterocycles. The number of carbonyl (C=O) groups excluding carboxylic acids is 1. The molecule has 0 bridgehead atoms. The smallest absolute Gasteiger partial charge is 0.234 e. The molecule has 5 heteroatoms. The highest BCUT2D eigenvalue weighted by atomic mass is 16.5. The van der Waals surface area contributed by atoms with Crippen LogP contribution in [-0.4, -0.2) is 48.7 Å². The first-order chi connectivity index (χ1) is 7.40. The third kappa shape index (κ3) is 4.60. The van der Waals surface area contributed by atoms with Crippen molar-refractivity contribution >= 4 is 5.91 Å². The third-order valence-corrected chi connectivity index (χ3v) is 2.18. The third-order valence-electron chi connectivity index (χ3n) is 2.18. The van der Waals surface area contributed by atoms with Crippen molar-refractivity contribution in [2.75, 3.05) is 26.2 Å². The highest BCUT2D eigenvalue weighted by molar-refractivity contribution is 5.78. The topological polar surface area (TPSA) is 65.4 Å². The van der Waals surface area contributed by atoms with Gasteiger partial charge in [-0.1, -0.05) is 0 Å². The maximum absolute atomic E-state index is 11.6. The van der Waals surface area contributed by atoms with Gasteiger partial charge in [0.05, 0.1) is 19.2 Å². The molecule has 0 spiro atoms. The van der Waals surface area contributed by atoms with Gasteiger partial charge in [-0.05, 0) is 20.8 Å². The van der Waals surface area contributed by atoms with Gasteiger partial charge in [-0.15, -0.1) is 0 Å². The first-order valence-electron chi connectivity index (χ1n) is 5.45. The van der Waals surface area contributed by atoms with E-state index in [2.05, 4.69) is 11.4 Å². The number of hydrogen-bond acceptors (Lipinski definition) is 4. The first kappa shape index (κ1) is 12.9. The fourth-order valence-corrected chi connectivity index (χ4v) is 1.59. The fourth-order valence-electron chi connectivity index (χ4n) is 1.59. The molecule has 0 aromatic carbocycles. The van der Waals surface area contributed by atoms with E-state index in [1.54, 1.807) is 0 Å². The van der Waals surface area contributed by atoms with Crippen LogP contribution < -0.4 is 5.32 Å². The van der Waals surface area contributed by atoms with Crippen molar-refractivity contribution in [2.24, 2.45) is 0 Å². The standard InChI is InChI=1S/C11H19N3O2/c1-11(2,3)13-10(15)8-14-4-5-16-9(6-12)7-14/h9H,4-5,7-8H2,1-3H3,(H,13,15). The molecule has 5 nitrogen and oxygen atoms in total. The zero-order valence-corrected chi connectivity index (χ0v) is 10.1. The van der Waals surface area contributed by atoms with Crippen LogP contribution in [0.2, 0.25) is 0 Å². The van der Waals surface area contributed by atoms with Crippen LogP contribution in [0.5, 0.6) is 0 Å². The molecule has 1 heterocycles. The monoisotopic (exact) mass is 225 g/mol. The summed E-state index contributed by atoms with van der Waals surface area (Å²) in [4.78, 5) is 13.6. The first-order valence-corrected chi connectivity index (χ1v) is 5.45. The van der Waals surface area contributed by atoms with Gasteiger partial charge < -0.3 is 10.1 Å². The van der Waals surface area contributed by atoms with Crippen molar-refractivity contribution in [1.82, 2.24) is 10.2 Å². The quantitative estimate of drug-likeness (QED) is 0.725. The van der Waals surface area contributed by atoms with E-state index in [9.17, 15) is 4.79 Å². The SMILES string of the molecule is CC(C)(C)NC(=O)CN1CCOC(C#N)C1. The average Bonchev–Trinajstić information content (AvgIpc) is 2.15. The lowest BCUT2D eigenvalue weighted by Crippen LogP contribution is -2.50. The van der Waals surface area contributed by atoms with Crippen molar-refractivity contribution in [1.29, 1.82) is 5.26 Å². The van der Waals surface area contributed by atoms with Crippen LogP contribution >= 0.6 is 0 Å². The summed E-state index contributed by atoms with van der Waals surface area (Å²) in [5, 5.41) is 11.6. The molecular formula is C11H19N3O2. The van der Waals surface area contributed by atoms with E-state index < -0.39 is 6.10 Å². The van der Waals surface area contributed by atoms with Crippen LogP contribution in [0.4, 0.5) is 0 Å². The molecule has 0 aromatic heterocycles. The summed E-state index contributed by atoms with van der Waals surface area (Å²) in [5.41, 5.74) is -0.210. The van der Waals surface area contributed by atoms with Crippen LogP contribution in [0.1, 0.15) is 20.8 Å². The Morgan fingerprint density at radius 2 is 2.31 bits per heavy atom. The Morgan fingerprint density at radius 3 is 2.88 bits per heavy atom. The van der Waals surface area contributed by atoms with Gasteiger partial charge in [0.1, 0.15) is 0 Å². The molecule has 1 rings (SSSR count). The zero-order valence-electron chi connectivity index (χ0n) is 10.1. The molecule has 16 heavy (non-hydrogen) atoms. The number of nitrogens with one attached hydrogen (secondary N) is 1. The van der Waals surface area contributed by atoms with E-state index in [1.165, 1.54) is 0 Å². The lowest BCUT2D eigenvalue weighted by Gasteiger charge is -2.30. The van der Waals surface area contributed by atoms with Crippen LogP contribution in [-0.2, 0) is 9.53 Å². The van der Waals surface area contributed by atoms with E-state index in [1.807, 2.05) is 25.7 Å². The molecular weight excluding hydrogens is 206 g/mol. The summed E-state index contributed by atoms with van der Waals surface area (Å²) in [5.74, 6) is -0.00825. The molecule has 1 saturated heterocycles. The van der Waals surface area contributed by atoms with E-state index in [-0.39, 0.29) is 11.4 Å². The van der Waals surface area contributed by atoms with Gasteiger partial charge in [0.25, 0.3) is 0 Å². The van der Waals surface area contributed by atoms with Crippen molar-refractivity contribution in [3.8, 4) is 6.07 Å². The van der Waals surface area contributed by atoms with Gasteiger partial charge in [-0.3, -0.25) is 9.69 Å². The second kappa shape index (κ2) is 5.28. The summed E-state index contributed by atoms with van der Waals surface area (Å²) in [6.45, 7) is 7.90.